The number of carboxylic acids is 1. The minimum Gasteiger partial charge on any atom is -0.480 e. The molecule has 0 aliphatic heterocycles. The highest BCUT2D eigenvalue weighted by Crippen LogP contribution is 2.33. The molecule has 1 fully saturated rings. The largest absolute Gasteiger partial charge is 0.480 e. The van der Waals surface area contributed by atoms with E-state index in [0.717, 1.165) is 17.7 Å². The Labute approximate surface area is 110 Å². The number of nitrogens with one attached hydrogen (secondary N) is 1. The molecule has 0 spiro atoms. The summed E-state index contributed by atoms with van der Waals surface area (Å²) in [7, 11) is 0. The average Bonchev–Trinajstić information content (AvgIpc) is 3.19. The van der Waals surface area contributed by atoms with Crippen molar-refractivity contribution in [2.75, 3.05) is 6.26 Å². The highest BCUT2D eigenvalue weighted by atomic mass is 32.2. The van der Waals surface area contributed by atoms with Gasteiger partial charge in [0.25, 0.3) is 5.91 Å². The number of benzene rings is 1. The van der Waals surface area contributed by atoms with Crippen molar-refractivity contribution in [1.82, 2.24) is 5.32 Å². The van der Waals surface area contributed by atoms with Crippen LogP contribution in [0.5, 0.6) is 0 Å². The second-order valence-electron chi connectivity index (χ2n) is 4.33. The van der Waals surface area contributed by atoms with Gasteiger partial charge < -0.3 is 10.4 Å². The van der Waals surface area contributed by atoms with Crippen molar-refractivity contribution in [3.8, 4) is 0 Å². The van der Waals surface area contributed by atoms with Gasteiger partial charge in [0.2, 0.25) is 0 Å². The van der Waals surface area contributed by atoms with E-state index in [1.165, 1.54) is 11.8 Å². The van der Waals surface area contributed by atoms with E-state index in [9.17, 15) is 9.59 Å². The lowest BCUT2D eigenvalue weighted by molar-refractivity contribution is -0.139. The fourth-order valence-electron chi connectivity index (χ4n) is 1.86. The Hall–Kier alpha value is -1.49. The Morgan fingerprint density at radius 2 is 2.06 bits per heavy atom. The normalized spacial score (nSPS) is 16.1. The van der Waals surface area contributed by atoms with Gasteiger partial charge in [-0.2, -0.15) is 0 Å². The molecule has 0 saturated heterocycles. The predicted molar refractivity (Wildman–Crippen MR) is 69.8 cm³/mol. The number of hydrogen-bond acceptors (Lipinski definition) is 3. The molecule has 1 atom stereocenters. The van der Waals surface area contributed by atoms with Gasteiger partial charge in [-0.3, -0.25) is 4.79 Å². The minimum absolute atomic E-state index is 0.0906. The SMILES string of the molecule is CSc1ccccc1C(=O)NC(C(=O)O)C1CC1. The molecule has 0 radical (unpaired) electrons. The molecule has 1 unspecified atom stereocenters. The molecule has 2 rings (SSSR count). The van der Waals surface area contributed by atoms with Crippen LogP contribution in [-0.2, 0) is 4.79 Å². The van der Waals surface area contributed by atoms with Crippen molar-refractivity contribution < 1.29 is 14.7 Å². The molecule has 1 aromatic rings. The molecule has 0 aromatic heterocycles. The third-order valence-electron chi connectivity index (χ3n) is 3.00. The van der Waals surface area contributed by atoms with Gasteiger partial charge in [-0.05, 0) is 37.1 Å². The Kier molecular flexibility index (Phi) is 3.91. The van der Waals surface area contributed by atoms with Crippen LogP contribution >= 0.6 is 11.8 Å². The van der Waals surface area contributed by atoms with E-state index >= 15 is 0 Å². The molecule has 1 aliphatic carbocycles. The summed E-state index contributed by atoms with van der Waals surface area (Å²) >= 11 is 1.47. The summed E-state index contributed by atoms with van der Waals surface area (Å²) in [5, 5.41) is 11.7. The predicted octanol–water partition coefficient (Wildman–Crippen LogP) is 2.00. The average molecular weight is 265 g/mol. The third-order valence-corrected chi connectivity index (χ3v) is 3.79. The van der Waals surface area contributed by atoms with Crippen LogP contribution in [0.1, 0.15) is 23.2 Å². The zero-order chi connectivity index (χ0) is 13.1. The van der Waals surface area contributed by atoms with Crippen molar-refractivity contribution >= 4 is 23.6 Å². The molecule has 0 bridgehead atoms. The van der Waals surface area contributed by atoms with E-state index in [4.69, 9.17) is 5.11 Å². The summed E-state index contributed by atoms with van der Waals surface area (Å²) in [6.07, 6.45) is 3.64. The smallest absolute Gasteiger partial charge is 0.326 e. The molecular weight excluding hydrogens is 250 g/mol. The van der Waals surface area contributed by atoms with E-state index in [1.807, 2.05) is 18.4 Å². The van der Waals surface area contributed by atoms with Crippen LogP contribution in [-0.4, -0.2) is 29.3 Å². The Morgan fingerprint density at radius 1 is 1.39 bits per heavy atom. The molecule has 5 heteroatoms. The zero-order valence-electron chi connectivity index (χ0n) is 10.1. The monoisotopic (exact) mass is 265 g/mol. The lowest BCUT2D eigenvalue weighted by atomic mass is 10.1. The number of amides is 1. The zero-order valence-corrected chi connectivity index (χ0v) is 10.9. The van der Waals surface area contributed by atoms with E-state index in [2.05, 4.69) is 5.32 Å². The molecule has 4 nitrogen and oxygen atoms in total. The van der Waals surface area contributed by atoms with Crippen LogP contribution in [0.2, 0.25) is 0 Å². The highest BCUT2D eigenvalue weighted by Gasteiger charge is 2.37. The molecule has 96 valence electrons. The first-order valence-corrected chi connectivity index (χ1v) is 7.02. The maximum Gasteiger partial charge on any atom is 0.326 e. The van der Waals surface area contributed by atoms with Crippen molar-refractivity contribution in [2.45, 2.75) is 23.8 Å². The van der Waals surface area contributed by atoms with Crippen LogP contribution in [0.3, 0.4) is 0 Å². The van der Waals surface area contributed by atoms with E-state index in [0.29, 0.717) is 5.56 Å². The standard InChI is InChI=1S/C13H15NO3S/c1-18-10-5-3-2-4-9(10)12(15)14-11(13(16)17)8-6-7-8/h2-5,8,11H,6-7H2,1H3,(H,14,15)(H,16,17). The summed E-state index contributed by atoms with van der Waals surface area (Å²) in [5.74, 6) is -1.17. The quantitative estimate of drug-likeness (QED) is 0.799. The lowest BCUT2D eigenvalue weighted by Gasteiger charge is -2.14. The van der Waals surface area contributed by atoms with Crippen LogP contribution in [0.4, 0.5) is 0 Å². The summed E-state index contributed by atoms with van der Waals surface area (Å²) < 4.78 is 0. The summed E-state index contributed by atoms with van der Waals surface area (Å²) in [5.41, 5.74) is 0.539. The van der Waals surface area contributed by atoms with Gasteiger partial charge in [-0.15, -0.1) is 11.8 Å². The van der Waals surface area contributed by atoms with Gasteiger partial charge in [0.05, 0.1) is 5.56 Å². The number of carboxylic acid groups (broad SMARTS) is 1. The van der Waals surface area contributed by atoms with Gasteiger partial charge >= 0.3 is 5.97 Å². The van der Waals surface area contributed by atoms with Crippen LogP contribution < -0.4 is 5.32 Å². The Bertz CT molecular complexity index is 471. The van der Waals surface area contributed by atoms with Crippen molar-refractivity contribution in [2.24, 2.45) is 5.92 Å². The van der Waals surface area contributed by atoms with Crippen LogP contribution in [0.15, 0.2) is 29.2 Å². The Morgan fingerprint density at radius 3 is 2.61 bits per heavy atom. The highest BCUT2D eigenvalue weighted by molar-refractivity contribution is 7.98. The lowest BCUT2D eigenvalue weighted by Crippen LogP contribution is -2.42. The fourth-order valence-corrected chi connectivity index (χ4v) is 2.46. The van der Waals surface area contributed by atoms with Crippen LogP contribution in [0.25, 0.3) is 0 Å². The topological polar surface area (TPSA) is 66.4 Å². The molecule has 0 heterocycles. The first-order valence-electron chi connectivity index (χ1n) is 5.80. The first kappa shape index (κ1) is 13.0. The third kappa shape index (κ3) is 2.85. The fraction of sp³-hybridized carbons (Fsp3) is 0.385. The molecule has 1 aromatic carbocycles. The molecular formula is C13H15NO3S. The number of carbonyl (C=O) groups is 2. The maximum absolute atomic E-state index is 12.1. The van der Waals surface area contributed by atoms with Gasteiger partial charge in [-0.25, -0.2) is 4.79 Å². The number of hydrogen-bond donors (Lipinski definition) is 2. The number of aliphatic carboxylic acids is 1. The number of thioether (sulfide) groups is 1. The molecule has 1 amide bonds. The van der Waals surface area contributed by atoms with E-state index < -0.39 is 12.0 Å². The molecule has 1 saturated carbocycles. The van der Waals surface area contributed by atoms with Crippen molar-refractivity contribution in [1.29, 1.82) is 0 Å². The summed E-state index contributed by atoms with van der Waals surface area (Å²) in [6, 6.07) is 6.45. The molecule has 2 N–H and O–H groups in total. The second-order valence-corrected chi connectivity index (χ2v) is 5.18. The van der Waals surface area contributed by atoms with Crippen molar-refractivity contribution in [3.05, 3.63) is 29.8 Å². The van der Waals surface area contributed by atoms with Gasteiger partial charge in [0, 0.05) is 4.90 Å². The molecule has 1 aliphatic rings. The number of carbonyl (C=O) groups excluding carboxylic acids is 1. The van der Waals surface area contributed by atoms with E-state index in [-0.39, 0.29) is 11.8 Å². The summed E-state index contributed by atoms with van der Waals surface area (Å²) in [6.45, 7) is 0. The summed E-state index contributed by atoms with van der Waals surface area (Å²) in [4.78, 5) is 24.0. The maximum atomic E-state index is 12.1. The van der Waals surface area contributed by atoms with Gasteiger partial charge in [0.15, 0.2) is 0 Å². The van der Waals surface area contributed by atoms with Crippen LogP contribution in [0, 0.1) is 5.92 Å². The minimum atomic E-state index is -0.951. The first-order chi connectivity index (χ1) is 8.63. The van der Waals surface area contributed by atoms with Gasteiger partial charge in [0.1, 0.15) is 6.04 Å². The Balaban J connectivity index is 2.13. The van der Waals surface area contributed by atoms with E-state index in [1.54, 1.807) is 12.1 Å². The van der Waals surface area contributed by atoms with Crippen molar-refractivity contribution in [3.63, 3.8) is 0 Å². The number of rotatable bonds is 5. The van der Waals surface area contributed by atoms with Gasteiger partial charge in [-0.1, -0.05) is 12.1 Å². The molecule has 18 heavy (non-hydrogen) atoms. The second kappa shape index (κ2) is 5.44.